The number of hydrogen-bond donors (Lipinski definition) is 1. The summed E-state index contributed by atoms with van der Waals surface area (Å²) in [6.07, 6.45) is 3.85. The van der Waals surface area contributed by atoms with Crippen LogP contribution in [0.5, 0.6) is 0 Å². The van der Waals surface area contributed by atoms with Gasteiger partial charge in [0.25, 0.3) is 0 Å². The summed E-state index contributed by atoms with van der Waals surface area (Å²) in [6.45, 7) is 5.50. The summed E-state index contributed by atoms with van der Waals surface area (Å²) < 4.78 is 2.25. The van der Waals surface area contributed by atoms with Gasteiger partial charge in [-0.15, -0.1) is 0 Å². The molecule has 3 heteroatoms. The first-order chi connectivity index (χ1) is 9.07. The average Bonchev–Trinajstić information content (AvgIpc) is 2.81. The number of rotatable bonds is 5. The first-order valence-electron chi connectivity index (χ1n) is 6.75. The van der Waals surface area contributed by atoms with E-state index < -0.39 is 0 Å². The van der Waals surface area contributed by atoms with Crippen molar-refractivity contribution in [1.82, 2.24) is 4.57 Å². The molecule has 2 rings (SSSR count). The number of aryl methyl sites for hydroxylation is 1. The van der Waals surface area contributed by atoms with Gasteiger partial charge in [-0.2, -0.15) is 5.26 Å². The van der Waals surface area contributed by atoms with Crippen LogP contribution in [0.4, 0.5) is 0 Å². The van der Waals surface area contributed by atoms with E-state index in [-0.39, 0.29) is 5.41 Å². The molecule has 0 saturated heterocycles. The maximum Gasteiger partial charge on any atom is 0.0684 e. The van der Waals surface area contributed by atoms with Crippen molar-refractivity contribution in [2.24, 2.45) is 11.1 Å². The molecule has 0 bridgehead atoms. The van der Waals surface area contributed by atoms with E-state index in [0.29, 0.717) is 6.54 Å². The van der Waals surface area contributed by atoms with Gasteiger partial charge < -0.3 is 10.3 Å². The van der Waals surface area contributed by atoms with Crippen LogP contribution in [0, 0.1) is 16.7 Å². The van der Waals surface area contributed by atoms with E-state index in [0.717, 1.165) is 19.4 Å². The SMILES string of the molecule is CC(C)(C#N)CCn1ccc2cccc(CCN)c21. The molecule has 3 nitrogen and oxygen atoms in total. The Balaban J connectivity index is 2.31. The van der Waals surface area contributed by atoms with Crippen molar-refractivity contribution in [3.8, 4) is 6.07 Å². The Bertz CT molecular complexity index is 602. The summed E-state index contributed by atoms with van der Waals surface area (Å²) in [5, 5.41) is 10.3. The summed E-state index contributed by atoms with van der Waals surface area (Å²) in [5.41, 5.74) is 7.96. The minimum Gasteiger partial charge on any atom is -0.347 e. The number of aromatic nitrogens is 1. The van der Waals surface area contributed by atoms with Crippen molar-refractivity contribution in [2.45, 2.75) is 33.2 Å². The maximum atomic E-state index is 9.10. The van der Waals surface area contributed by atoms with Gasteiger partial charge in [0, 0.05) is 12.7 Å². The molecule has 1 aromatic carbocycles. The van der Waals surface area contributed by atoms with Crippen molar-refractivity contribution < 1.29 is 0 Å². The monoisotopic (exact) mass is 255 g/mol. The minimum absolute atomic E-state index is 0.278. The molecule has 0 spiro atoms. The molecule has 1 heterocycles. The molecule has 100 valence electrons. The number of benzene rings is 1. The molecule has 0 fully saturated rings. The third-order valence-electron chi connectivity index (χ3n) is 3.57. The molecule has 2 N–H and O–H groups in total. The van der Waals surface area contributed by atoms with E-state index in [4.69, 9.17) is 11.0 Å². The van der Waals surface area contributed by atoms with E-state index in [9.17, 15) is 0 Å². The van der Waals surface area contributed by atoms with Crippen molar-refractivity contribution in [3.63, 3.8) is 0 Å². The van der Waals surface area contributed by atoms with Crippen molar-refractivity contribution >= 4 is 10.9 Å². The van der Waals surface area contributed by atoms with Gasteiger partial charge in [0.2, 0.25) is 0 Å². The highest BCUT2D eigenvalue weighted by Gasteiger charge is 2.17. The normalized spacial score (nSPS) is 11.7. The topological polar surface area (TPSA) is 54.7 Å². The lowest BCUT2D eigenvalue weighted by Crippen LogP contribution is -2.12. The Labute approximate surface area is 114 Å². The van der Waals surface area contributed by atoms with Crippen LogP contribution < -0.4 is 5.73 Å². The second kappa shape index (κ2) is 5.46. The predicted molar refractivity (Wildman–Crippen MR) is 78.7 cm³/mol. The van der Waals surface area contributed by atoms with Gasteiger partial charge in [-0.25, -0.2) is 0 Å². The smallest absolute Gasteiger partial charge is 0.0684 e. The van der Waals surface area contributed by atoms with E-state index in [1.165, 1.54) is 16.5 Å². The zero-order chi connectivity index (χ0) is 13.9. The summed E-state index contributed by atoms with van der Waals surface area (Å²) in [7, 11) is 0. The second-order valence-corrected chi connectivity index (χ2v) is 5.65. The largest absolute Gasteiger partial charge is 0.347 e. The fourth-order valence-corrected chi connectivity index (χ4v) is 2.34. The lowest BCUT2D eigenvalue weighted by molar-refractivity contribution is 0.417. The number of nitrogens with zero attached hydrogens (tertiary/aromatic N) is 2. The van der Waals surface area contributed by atoms with E-state index in [2.05, 4.69) is 41.1 Å². The van der Waals surface area contributed by atoms with Gasteiger partial charge in [0.15, 0.2) is 0 Å². The lowest BCUT2D eigenvalue weighted by Gasteiger charge is -2.16. The summed E-state index contributed by atoms with van der Waals surface area (Å²) in [6, 6.07) is 10.8. The molecule has 0 aliphatic heterocycles. The van der Waals surface area contributed by atoms with Crippen LogP contribution in [0.25, 0.3) is 10.9 Å². The lowest BCUT2D eigenvalue weighted by atomic mass is 9.91. The molecular formula is C16H21N3. The van der Waals surface area contributed by atoms with Crippen LogP contribution in [-0.2, 0) is 13.0 Å². The maximum absolute atomic E-state index is 9.10. The van der Waals surface area contributed by atoms with Crippen LogP contribution in [0.3, 0.4) is 0 Å². The molecular weight excluding hydrogens is 234 g/mol. The predicted octanol–water partition coefficient (Wildman–Crippen LogP) is 3.08. The highest BCUT2D eigenvalue weighted by atomic mass is 15.0. The van der Waals surface area contributed by atoms with Gasteiger partial charge in [-0.3, -0.25) is 0 Å². The molecule has 1 aromatic heterocycles. The van der Waals surface area contributed by atoms with Gasteiger partial charge in [0.05, 0.1) is 17.0 Å². The number of hydrogen-bond acceptors (Lipinski definition) is 2. The Morgan fingerprint density at radius 3 is 2.79 bits per heavy atom. The Kier molecular flexibility index (Phi) is 3.92. The van der Waals surface area contributed by atoms with Crippen LogP contribution in [0.2, 0.25) is 0 Å². The first kappa shape index (κ1) is 13.6. The molecule has 0 radical (unpaired) electrons. The summed E-state index contributed by atoms with van der Waals surface area (Å²) in [4.78, 5) is 0. The molecule has 0 unspecified atom stereocenters. The van der Waals surface area contributed by atoms with Crippen LogP contribution in [0.1, 0.15) is 25.8 Å². The van der Waals surface area contributed by atoms with Gasteiger partial charge in [-0.05, 0) is 50.2 Å². The van der Waals surface area contributed by atoms with Gasteiger partial charge >= 0.3 is 0 Å². The van der Waals surface area contributed by atoms with Crippen LogP contribution >= 0.6 is 0 Å². The fourth-order valence-electron chi connectivity index (χ4n) is 2.34. The van der Waals surface area contributed by atoms with E-state index in [1.54, 1.807) is 0 Å². The number of nitriles is 1. The fraction of sp³-hybridized carbons (Fsp3) is 0.438. The Morgan fingerprint density at radius 1 is 1.32 bits per heavy atom. The van der Waals surface area contributed by atoms with Crippen molar-refractivity contribution in [1.29, 1.82) is 5.26 Å². The molecule has 2 aromatic rings. The van der Waals surface area contributed by atoms with Crippen molar-refractivity contribution in [2.75, 3.05) is 6.54 Å². The molecule has 0 aliphatic carbocycles. The minimum atomic E-state index is -0.278. The molecule has 0 amide bonds. The first-order valence-corrected chi connectivity index (χ1v) is 6.75. The highest BCUT2D eigenvalue weighted by Crippen LogP contribution is 2.24. The third kappa shape index (κ3) is 2.97. The van der Waals surface area contributed by atoms with E-state index in [1.807, 2.05) is 13.8 Å². The van der Waals surface area contributed by atoms with Crippen LogP contribution in [0.15, 0.2) is 30.5 Å². The van der Waals surface area contributed by atoms with E-state index >= 15 is 0 Å². The zero-order valence-electron chi connectivity index (χ0n) is 11.7. The van der Waals surface area contributed by atoms with Crippen molar-refractivity contribution in [3.05, 3.63) is 36.0 Å². The zero-order valence-corrected chi connectivity index (χ0v) is 11.7. The number of fused-ring (bicyclic) bond motifs is 1. The Morgan fingerprint density at radius 2 is 2.11 bits per heavy atom. The van der Waals surface area contributed by atoms with Gasteiger partial charge in [0.1, 0.15) is 0 Å². The molecule has 0 atom stereocenters. The summed E-state index contributed by atoms with van der Waals surface area (Å²) in [5.74, 6) is 0. The Hall–Kier alpha value is -1.79. The summed E-state index contributed by atoms with van der Waals surface area (Å²) >= 11 is 0. The molecule has 19 heavy (non-hydrogen) atoms. The average molecular weight is 255 g/mol. The molecule has 0 aliphatic rings. The second-order valence-electron chi connectivity index (χ2n) is 5.65. The van der Waals surface area contributed by atoms with Gasteiger partial charge in [-0.1, -0.05) is 18.2 Å². The third-order valence-corrected chi connectivity index (χ3v) is 3.57. The standard InChI is InChI=1S/C16H21N3/c1-16(2,12-18)8-11-19-10-7-14-5-3-4-13(6-9-17)15(14)19/h3-5,7,10H,6,8-9,11,17H2,1-2H3. The highest BCUT2D eigenvalue weighted by molar-refractivity contribution is 5.83. The van der Waals surface area contributed by atoms with Crippen LogP contribution in [-0.4, -0.2) is 11.1 Å². The number of nitrogens with two attached hydrogens (primary N) is 1. The molecule has 0 saturated carbocycles. The number of para-hydroxylation sites is 1. The quantitative estimate of drug-likeness (QED) is 0.892.